The molecule has 4 heterocycles. The maximum Gasteiger partial charge on any atom is 0.262 e. The molecule has 0 fully saturated rings. The molecule has 0 spiro atoms. The van der Waals surface area contributed by atoms with Crippen LogP contribution in [0.15, 0.2) is 41.1 Å². The van der Waals surface area contributed by atoms with Crippen LogP contribution in [-0.2, 0) is 17.8 Å². The zero-order valence-electron chi connectivity index (χ0n) is 16.2. The average molecular weight is 453 g/mol. The number of imide groups is 1. The first-order valence-corrected chi connectivity index (χ1v) is 11.3. The van der Waals surface area contributed by atoms with Crippen LogP contribution in [0.5, 0.6) is 0 Å². The summed E-state index contributed by atoms with van der Waals surface area (Å²) in [6, 6.07) is 8.32. The molecule has 0 bridgehead atoms. The number of aromatic nitrogens is 1. The van der Waals surface area contributed by atoms with E-state index in [1.54, 1.807) is 40.6 Å². The molecule has 2 aliphatic rings. The van der Waals surface area contributed by atoms with Crippen LogP contribution < -0.4 is 5.32 Å². The standard InChI is InChI=1S/C21H16N4O4S2/c26-17(10-25-19(28)13-3-1-2-4-14(13)20(25)29)24-7-5-15-16(9-24)31-21(22-15)23-18(27)12-6-8-30-11-12/h1-4,6,8,11H,5,7,9-10H2,(H,22,23,27). The van der Waals surface area contributed by atoms with Gasteiger partial charge < -0.3 is 4.90 Å². The van der Waals surface area contributed by atoms with Crippen LogP contribution in [0.25, 0.3) is 0 Å². The number of rotatable bonds is 4. The fourth-order valence-electron chi connectivity index (χ4n) is 3.64. The number of amides is 4. The van der Waals surface area contributed by atoms with Crippen molar-refractivity contribution in [3.63, 3.8) is 0 Å². The van der Waals surface area contributed by atoms with Gasteiger partial charge in [-0.15, -0.1) is 0 Å². The first-order valence-electron chi connectivity index (χ1n) is 9.56. The third-order valence-corrected chi connectivity index (χ3v) is 6.94. The summed E-state index contributed by atoms with van der Waals surface area (Å²) in [5.41, 5.74) is 2.09. The van der Waals surface area contributed by atoms with Crippen molar-refractivity contribution in [2.45, 2.75) is 13.0 Å². The largest absolute Gasteiger partial charge is 0.336 e. The lowest BCUT2D eigenvalue weighted by atomic mass is 10.1. The highest BCUT2D eigenvalue weighted by Gasteiger charge is 2.37. The molecular formula is C21H16N4O4S2. The number of nitrogens with one attached hydrogen (secondary N) is 1. The average Bonchev–Trinajstić information content (AvgIpc) is 3.49. The maximum atomic E-state index is 12.8. The van der Waals surface area contributed by atoms with Crippen molar-refractivity contribution in [1.29, 1.82) is 0 Å². The van der Waals surface area contributed by atoms with Gasteiger partial charge in [-0.1, -0.05) is 23.5 Å². The summed E-state index contributed by atoms with van der Waals surface area (Å²) in [7, 11) is 0. The molecule has 8 nitrogen and oxygen atoms in total. The highest BCUT2D eigenvalue weighted by Crippen LogP contribution is 2.29. The molecule has 2 aliphatic heterocycles. The van der Waals surface area contributed by atoms with Crippen molar-refractivity contribution in [3.8, 4) is 0 Å². The molecule has 31 heavy (non-hydrogen) atoms. The van der Waals surface area contributed by atoms with Crippen molar-refractivity contribution < 1.29 is 19.2 Å². The molecular weight excluding hydrogens is 436 g/mol. The second-order valence-corrected chi connectivity index (χ2v) is 9.03. The molecule has 0 unspecified atom stereocenters. The minimum Gasteiger partial charge on any atom is -0.336 e. The Hall–Kier alpha value is -3.37. The van der Waals surface area contributed by atoms with E-state index in [1.807, 2.05) is 5.38 Å². The Morgan fingerprint density at radius 2 is 1.84 bits per heavy atom. The Morgan fingerprint density at radius 1 is 1.10 bits per heavy atom. The Labute approximate surface area is 185 Å². The molecule has 5 rings (SSSR count). The zero-order chi connectivity index (χ0) is 21.5. The topological polar surface area (TPSA) is 99.7 Å². The smallest absolute Gasteiger partial charge is 0.262 e. The van der Waals surface area contributed by atoms with E-state index >= 15 is 0 Å². The van der Waals surface area contributed by atoms with Gasteiger partial charge in [-0.3, -0.25) is 29.4 Å². The van der Waals surface area contributed by atoms with Gasteiger partial charge in [0.2, 0.25) is 5.91 Å². The van der Waals surface area contributed by atoms with Crippen molar-refractivity contribution in [2.75, 3.05) is 18.4 Å². The van der Waals surface area contributed by atoms with Crippen LogP contribution in [0.3, 0.4) is 0 Å². The minimum absolute atomic E-state index is 0.217. The number of benzene rings is 1. The van der Waals surface area contributed by atoms with Gasteiger partial charge in [-0.05, 0) is 23.6 Å². The van der Waals surface area contributed by atoms with Crippen LogP contribution in [0.4, 0.5) is 5.13 Å². The number of nitrogens with zero attached hydrogens (tertiary/aromatic N) is 3. The van der Waals surface area contributed by atoms with Gasteiger partial charge >= 0.3 is 0 Å². The molecule has 156 valence electrons. The van der Waals surface area contributed by atoms with E-state index in [0.29, 0.717) is 41.3 Å². The summed E-state index contributed by atoms with van der Waals surface area (Å²) in [6.45, 7) is 0.488. The molecule has 2 aromatic heterocycles. The predicted octanol–water partition coefficient (Wildman–Crippen LogP) is 2.64. The summed E-state index contributed by atoms with van der Waals surface area (Å²) >= 11 is 2.78. The first kappa shape index (κ1) is 19.6. The van der Waals surface area contributed by atoms with E-state index in [4.69, 9.17) is 0 Å². The Morgan fingerprint density at radius 3 is 2.52 bits per heavy atom. The van der Waals surface area contributed by atoms with Gasteiger partial charge in [0.25, 0.3) is 17.7 Å². The molecule has 0 atom stereocenters. The van der Waals surface area contributed by atoms with Crippen molar-refractivity contribution >= 4 is 51.4 Å². The summed E-state index contributed by atoms with van der Waals surface area (Å²) in [5.74, 6) is -1.39. The molecule has 0 radical (unpaired) electrons. The van der Waals surface area contributed by atoms with Crippen molar-refractivity contribution in [1.82, 2.24) is 14.8 Å². The number of anilines is 1. The number of hydrogen-bond acceptors (Lipinski definition) is 7. The molecule has 1 N–H and O–H groups in total. The second kappa shape index (κ2) is 7.71. The van der Waals surface area contributed by atoms with Gasteiger partial charge in [-0.25, -0.2) is 4.98 Å². The number of carbonyl (C=O) groups is 4. The third kappa shape index (κ3) is 3.53. The van der Waals surface area contributed by atoms with E-state index < -0.39 is 11.8 Å². The van der Waals surface area contributed by atoms with Gasteiger partial charge in [0.15, 0.2) is 5.13 Å². The van der Waals surface area contributed by atoms with Gasteiger partial charge in [-0.2, -0.15) is 11.3 Å². The molecule has 0 aliphatic carbocycles. The highest BCUT2D eigenvalue weighted by atomic mass is 32.1. The van der Waals surface area contributed by atoms with Crippen LogP contribution in [-0.4, -0.2) is 51.5 Å². The molecule has 10 heteroatoms. The Kier molecular flexibility index (Phi) is 4.87. The summed E-state index contributed by atoms with van der Waals surface area (Å²) in [4.78, 5) is 58.1. The molecule has 0 saturated heterocycles. The predicted molar refractivity (Wildman–Crippen MR) is 115 cm³/mol. The Bertz CT molecular complexity index is 1180. The van der Waals surface area contributed by atoms with E-state index in [0.717, 1.165) is 15.5 Å². The molecule has 4 amide bonds. The lowest BCUT2D eigenvalue weighted by molar-refractivity contribution is -0.132. The van der Waals surface area contributed by atoms with Crippen molar-refractivity contribution in [3.05, 3.63) is 68.4 Å². The summed E-state index contributed by atoms with van der Waals surface area (Å²) < 4.78 is 0. The van der Waals surface area contributed by atoms with Gasteiger partial charge in [0.05, 0.1) is 28.9 Å². The van der Waals surface area contributed by atoms with E-state index in [2.05, 4.69) is 10.3 Å². The molecule has 1 aromatic carbocycles. The van der Waals surface area contributed by atoms with Crippen LogP contribution in [0.2, 0.25) is 0 Å². The van der Waals surface area contributed by atoms with E-state index in [9.17, 15) is 19.2 Å². The number of fused-ring (bicyclic) bond motifs is 2. The normalized spacial score (nSPS) is 15.1. The number of thiophene rings is 1. The van der Waals surface area contributed by atoms with Gasteiger partial charge in [0.1, 0.15) is 6.54 Å². The number of carbonyl (C=O) groups excluding carboxylic acids is 4. The second-order valence-electron chi connectivity index (χ2n) is 7.16. The van der Waals surface area contributed by atoms with E-state index in [-0.39, 0.29) is 18.4 Å². The van der Waals surface area contributed by atoms with Crippen LogP contribution in [0.1, 0.15) is 41.6 Å². The fourth-order valence-corrected chi connectivity index (χ4v) is 5.30. The maximum absolute atomic E-state index is 12.8. The van der Waals surface area contributed by atoms with Crippen LogP contribution in [0, 0.1) is 0 Å². The number of hydrogen-bond donors (Lipinski definition) is 1. The third-order valence-electron chi connectivity index (χ3n) is 5.26. The van der Waals surface area contributed by atoms with Crippen LogP contribution >= 0.6 is 22.7 Å². The zero-order valence-corrected chi connectivity index (χ0v) is 17.8. The molecule has 3 aromatic rings. The first-order chi connectivity index (χ1) is 15.0. The fraction of sp³-hybridized carbons (Fsp3) is 0.190. The minimum atomic E-state index is -0.442. The van der Waals surface area contributed by atoms with Crippen molar-refractivity contribution in [2.24, 2.45) is 0 Å². The lowest BCUT2D eigenvalue weighted by Crippen LogP contribution is -2.44. The molecule has 0 saturated carbocycles. The van der Waals surface area contributed by atoms with E-state index in [1.165, 1.54) is 22.7 Å². The summed E-state index contributed by atoms with van der Waals surface area (Å²) in [5, 5.41) is 6.90. The monoisotopic (exact) mass is 452 g/mol. The SMILES string of the molecule is O=C(Nc1nc2c(s1)CN(C(=O)CN1C(=O)c3ccccc3C1=O)CC2)c1ccsc1. The number of thiazole rings is 1. The summed E-state index contributed by atoms with van der Waals surface area (Å²) in [6.07, 6.45) is 0.550. The quantitative estimate of drug-likeness (QED) is 0.614. The van der Waals surface area contributed by atoms with Gasteiger partial charge in [0, 0.05) is 23.2 Å². The highest BCUT2D eigenvalue weighted by molar-refractivity contribution is 7.16. The Balaban J connectivity index is 1.25. The lowest BCUT2D eigenvalue weighted by Gasteiger charge is -2.27.